The number of aliphatic carboxylic acids is 1. The standard InChI is InChI=1S/C25H37N3O4.3ClH/c1-3-4-5-6-7-12-28-14-13-27(17-19(28)15-25(30)31)18-24(29)21-10-11-26-23-9-8-20(32-2)16-22(21)23;;;/h8-11,16,19,24,29H,3-7,12-15,17-18H2,1-2H3,(H,30,31);3*1H/t19-,24?;;;/m0.../s1. The van der Waals surface area contributed by atoms with Crippen LogP contribution in [0.4, 0.5) is 0 Å². The van der Waals surface area contributed by atoms with Crippen molar-refractivity contribution in [2.24, 2.45) is 0 Å². The Kier molecular flexibility index (Phi) is 16.5. The number of carboxylic acids is 1. The summed E-state index contributed by atoms with van der Waals surface area (Å²) in [5, 5.41) is 21.4. The summed E-state index contributed by atoms with van der Waals surface area (Å²) in [6, 6.07) is 7.50. The summed E-state index contributed by atoms with van der Waals surface area (Å²) in [7, 11) is 1.62. The van der Waals surface area contributed by atoms with Gasteiger partial charge >= 0.3 is 5.97 Å². The van der Waals surface area contributed by atoms with E-state index in [9.17, 15) is 15.0 Å². The van der Waals surface area contributed by atoms with E-state index in [1.807, 2.05) is 24.3 Å². The van der Waals surface area contributed by atoms with Crippen LogP contribution in [0.3, 0.4) is 0 Å². The third-order valence-electron chi connectivity index (χ3n) is 6.42. The molecular formula is C25H40Cl3N3O4. The fraction of sp³-hybridized carbons (Fsp3) is 0.600. The van der Waals surface area contributed by atoms with E-state index >= 15 is 0 Å². The molecule has 1 aliphatic heterocycles. The Balaban J connectivity index is 0.00000385. The number of β-amino-alcohol motifs (C(OH)–C–C–N with tert-alkyl or cyclic N) is 1. The maximum absolute atomic E-state index is 11.5. The minimum atomic E-state index is -0.763. The van der Waals surface area contributed by atoms with Crippen LogP contribution in [-0.4, -0.2) is 76.8 Å². The largest absolute Gasteiger partial charge is 0.497 e. The Labute approximate surface area is 227 Å². The minimum absolute atomic E-state index is 0. The number of hydrogen-bond donors (Lipinski definition) is 2. The number of aromatic nitrogens is 1. The normalized spacial score (nSPS) is 17.1. The van der Waals surface area contributed by atoms with Gasteiger partial charge in [-0.2, -0.15) is 0 Å². The van der Waals surface area contributed by atoms with Crippen LogP contribution in [0.15, 0.2) is 30.5 Å². The molecule has 10 heteroatoms. The molecule has 35 heavy (non-hydrogen) atoms. The first-order valence-corrected chi connectivity index (χ1v) is 11.8. The van der Waals surface area contributed by atoms with Gasteiger partial charge in [0.15, 0.2) is 0 Å². The van der Waals surface area contributed by atoms with Crippen LogP contribution in [0.1, 0.15) is 57.1 Å². The Morgan fingerprint density at radius 3 is 2.57 bits per heavy atom. The molecule has 200 valence electrons. The molecule has 0 aliphatic carbocycles. The molecule has 0 amide bonds. The average Bonchev–Trinajstić information content (AvgIpc) is 2.79. The molecular weight excluding hydrogens is 513 g/mol. The van der Waals surface area contributed by atoms with Crippen molar-refractivity contribution in [3.63, 3.8) is 0 Å². The van der Waals surface area contributed by atoms with Crippen LogP contribution < -0.4 is 4.74 Å². The monoisotopic (exact) mass is 551 g/mol. The SMILES string of the molecule is CCCCCCCN1CCN(CC(O)c2ccnc3ccc(OC)cc23)C[C@@H]1CC(=O)O.Cl.Cl.Cl. The van der Waals surface area contributed by atoms with Gasteiger partial charge in [-0.25, -0.2) is 0 Å². The number of carbonyl (C=O) groups is 1. The molecule has 1 saturated heterocycles. The molecule has 2 heterocycles. The maximum Gasteiger partial charge on any atom is 0.304 e. The number of aliphatic hydroxyl groups is 1. The van der Waals surface area contributed by atoms with Gasteiger partial charge in [0.1, 0.15) is 5.75 Å². The van der Waals surface area contributed by atoms with E-state index in [0.717, 1.165) is 48.3 Å². The maximum atomic E-state index is 11.5. The number of methoxy groups -OCH3 is 1. The Hall–Kier alpha value is -1.35. The summed E-state index contributed by atoms with van der Waals surface area (Å²) in [4.78, 5) is 20.4. The number of benzene rings is 1. The number of unbranched alkanes of at least 4 members (excludes halogenated alkanes) is 4. The zero-order valence-electron chi connectivity index (χ0n) is 20.6. The van der Waals surface area contributed by atoms with E-state index in [1.165, 1.54) is 25.7 Å². The minimum Gasteiger partial charge on any atom is -0.497 e. The number of piperazine rings is 1. The van der Waals surface area contributed by atoms with Crippen LogP contribution in [-0.2, 0) is 4.79 Å². The number of ether oxygens (including phenoxy) is 1. The summed E-state index contributed by atoms with van der Waals surface area (Å²) in [5.41, 5.74) is 1.64. The first kappa shape index (κ1) is 33.7. The highest BCUT2D eigenvalue weighted by Gasteiger charge is 2.29. The second kappa shape index (κ2) is 17.2. The van der Waals surface area contributed by atoms with Crippen LogP contribution in [0.25, 0.3) is 10.9 Å². The van der Waals surface area contributed by atoms with E-state index in [1.54, 1.807) is 13.3 Å². The van der Waals surface area contributed by atoms with Gasteiger partial charge in [0.25, 0.3) is 0 Å². The lowest BCUT2D eigenvalue weighted by molar-refractivity contribution is -0.139. The quantitative estimate of drug-likeness (QED) is 0.359. The molecule has 1 aliphatic rings. The van der Waals surface area contributed by atoms with Gasteiger partial charge in [-0.15, -0.1) is 37.2 Å². The van der Waals surface area contributed by atoms with Gasteiger partial charge in [0.2, 0.25) is 0 Å². The number of aliphatic hydroxyl groups excluding tert-OH is 1. The second-order valence-electron chi connectivity index (χ2n) is 8.76. The molecule has 3 rings (SSSR count). The van der Waals surface area contributed by atoms with E-state index in [2.05, 4.69) is 21.7 Å². The first-order valence-electron chi connectivity index (χ1n) is 11.8. The zero-order chi connectivity index (χ0) is 22.9. The third kappa shape index (κ3) is 9.90. The zero-order valence-corrected chi connectivity index (χ0v) is 23.0. The lowest BCUT2D eigenvalue weighted by Crippen LogP contribution is -2.54. The number of carboxylic acid groups (broad SMARTS) is 1. The molecule has 0 saturated carbocycles. The van der Waals surface area contributed by atoms with Gasteiger partial charge in [0.05, 0.1) is 25.2 Å². The summed E-state index contributed by atoms with van der Waals surface area (Å²) in [5.74, 6) is -0.0337. The topological polar surface area (TPSA) is 86.1 Å². The van der Waals surface area contributed by atoms with Gasteiger partial charge in [-0.05, 0) is 42.8 Å². The van der Waals surface area contributed by atoms with Crippen LogP contribution >= 0.6 is 37.2 Å². The van der Waals surface area contributed by atoms with E-state index < -0.39 is 12.1 Å². The van der Waals surface area contributed by atoms with Crippen molar-refractivity contribution >= 4 is 54.1 Å². The Morgan fingerprint density at radius 1 is 1.14 bits per heavy atom. The van der Waals surface area contributed by atoms with Gasteiger partial charge < -0.3 is 14.9 Å². The molecule has 7 nitrogen and oxygen atoms in total. The first-order chi connectivity index (χ1) is 15.5. The van der Waals surface area contributed by atoms with Crippen LogP contribution in [0, 0.1) is 0 Å². The summed E-state index contributed by atoms with van der Waals surface area (Å²) >= 11 is 0. The molecule has 1 fully saturated rings. The van der Waals surface area contributed by atoms with Crippen molar-refractivity contribution in [2.45, 2.75) is 57.6 Å². The molecule has 0 spiro atoms. The van der Waals surface area contributed by atoms with E-state index in [4.69, 9.17) is 4.74 Å². The highest BCUT2D eigenvalue weighted by molar-refractivity contribution is 5.86. The second-order valence-corrected chi connectivity index (χ2v) is 8.76. The number of pyridine rings is 1. The van der Waals surface area contributed by atoms with Crippen molar-refractivity contribution in [1.82, 2.24) is 14.8 Å². The number of fused-ring (bicyclic) bond motifs is 1. The van der Waals surface area contributed by atoms with Gasteiger partial charge in [-0.3, -0.25) is 19.6 Å². The molecule has 1 unspecified atom stereocenters. The van der Waals surface area contributed by atoms with E-state index in [-0.39, 0.29) is 49.7 Å². The summed E-state index contributed by atoms with van der Waals surface area (Å²) < 4.78 is 5.34. The van der Waals surface area contributed by atoms with Crippen molar-refractivity contribution in [1.29, 1.82) is 0 Å². The van der Waals surface area contributed by atoms with Crippen LogP contribution in [0.5, 0.6) is 5.75 Å². The van der Waals surface area contributed by atoms with Crippen molar-refractivity contribution in [2.75, 3.05) is 39.8 Å². The molecule has 2 aromatic rings. The highest BCUT2D eigenvalue weighted by Crippen LogP contribution is 2.28. The molecule has 2 atom stereocenters. The molecule has 2 N–H and O–H groups in total. The van der Waals surface area contributed by atoms with Crippen LogP contribution in [0.2, 0.25) is 0 Å². The molecule has 1 aromatic carbocycles. The average molecular weight is 553 g/mol. The smallest absolute Gasteiger partial charge is 0.304 e. The number of hydrogen-bond acceptors (Lipinski definition) is 6. The highest BCUT2D eigenvalue weighted by atomic mass is 35.5. The van der Waals surface area contributed by atoms with E-state index in [0.29, 0.717) is 13.1 Å². The Morgan fingerprint density at radius 2 is 1.89 bits per heavy atom. The summed E-state index contributed by atoms with van der Waals surface area (Å²) in [6.07, 6.45) is 7.22. The third-order valence-corrected chi connectivity index (χ3v) is 6.42. The fourth-order valence-electron chi connectivity index (χ4n) is 4.64. The predicted octanol–water partition coefficient (Wildman–Crippen LogP) is 4.97. The number of rotatable bonds is 12. The van der Waals surface area contributed by atoms with Gasteiger partial charge in [0, 0.05) is 43.8 Å². The fourth-order valence-corrected chi connectivity index (χ4v) is 4.64. The predicted molar refractivity (Wildman–Crippen MR) is 148 cm³/mol. The molecule has 0 bridgehead atoms. The summed E-state index contributed by atoms with van der Waals surface area (Å²) in [6.45, 7) is 5.95. The number of halogens is 3. The lowest BCUT2D eigenvalue weighted by atomic mass is 10.0. The molecule has 0 radical (unpaired) electrons. The lowest BCUT2D eigenvalue weighted by Gasteiger charge is -2.41. The van der Waals surface area contributed by atoms with Crippen molar-refractivity contribution in [3.05, 3.63) is 36.0 Å². The molecule has 1 aromatic heterocycles. The Bertz CT molecular complexity index is 890. The van der Waals surface area contributed by atoms with Crippen molar-refractivity contribution < 1.29 is 19.7 Å². The number of nitrogens with zero attached hydrogens (tertiary/aromatic N) is 3. The van der Waals surface area contributed by atoms with Gasteiger partial charge in [-0.1, -0.05) is 32.6 Å². The van der Waals surface area contributed by atoms with Crippen molar-refractivity contribution in [3.8, 4) is 5.75 Å².